The van der Waals surface area contributed by atoms with Crippen LogP contribution in [0.5, 0.6) is 0 Å². The number of rotatable bonds is 21. The predicted octanol–water partition coefficient (Wildman–Crippen LogP) is 30.5. The van der Waals surface area contributed by atoms with Gasteiger partial charge < -0.3 is 33.9 Å². The van der Waals surface area contributed by atoms with E-state index >= 15 is 0 Å². The van der Waals surface area contributed by atoms with Gasteiger partial charge in [-0.1, -0.05) is 207 Å². The van der Waals surface area contributed by atoms with Crippen molar-refractivity contribution in [3.05, 3.63) is 479 Å². The number of nitrogens with zero attached hydrogens (tertiary/aromatic N) is 17. The number of hydrogen-bond acceptors (Lipinski definition) is 15. The number of H-pyrrole nitrogens is 1. The van der Waals surface area contributed by atoms with Crippen molar-refractivity contribution < 1.29 is 0 Å². The van der Waals surface area contributed by atoms with Crippen molar-refractivity contribution in [1.82, 2.24) is 78.7 Å². The summed E-state index contributed by atoms with van der Waals surface area (Å²) in [5.74, 6) is 3.59. The highest BCUT2D eigenvalue weighted by molar-refractivity contribution is 6.22. The highest BCUT2D eigenvalue weighted by Crippen LogP contribution is 2.50. The summed E-state index contributed by atoms with van der Waals surface area (Å²) in [7, 11) is 0. The average molecular weight is 1890 g/mol. The van der Waals surface area contributed by atoms with E-state index in [1.807, 2.05) is 73.1 Å². The van der Waals surface area contributed by atoms with Crippen LogP contribution in [-0.4, -0.2) is 74.8 Å². The lowest BCUT2D eigenvalue weighted by molar-refractivity contribution is 0.723. The van der Waals surface area contributed by atoms with E-state index in [1.165, 1.54) is 43.7 Å². The fourth-order valence-corrected chi connectivity index (χ4v) is 22.2. The average Bonchev–Trinajstić information content (AvgIpc) is 1.56. The zero-order valence-corrected chi connectivity index (χ0v) is 79.6. The molecule has 17 aromatic carbocycles. The Morgan fingerprint density at radius 2 is 0.633 bits per heavy atom. The molecule has 28 rings (SSSR count). The van der Waals surface area contributed by atoms with Gasteiger partial charge in [-0.05, 0) is 242 Å². The summed E-state index contributed by atoms with van der Waals surface area (Å²) >= 11 is 0. The molecule has 1 atom stereocenters. The minimum absolute atomic E-state index is 0.382. The molecule has 0 amide bonds. The van der Waals surface area contributed by atoms with Crippen LogP contribution in [0.4, 0.5) is 63.0 Å². The molecule has 0 bridgehead atoms. The zero-order valence-electron chi connectivity index (χ0n) is 79.6. The third-order valence-electron chi connectivity index (χ3n) is 28.8. The Balaban J connectivity index is 0.466. The van der Waals surface area contributed by atoms with Gasteiger partial charge in [-0.2, -0.15) is 0 Å². The van der Waals surface area contributed by atoms with E-state index in [4.69, 9.17) is 29.9 Å². The fraction of sp³-hybridized carbons (Fsp3) is 0.0315. The van der Waals surface area contributed by atoms with E-state index in [9.17, 15) is 0 Å². The van der Waals surface area contributed by atoms with Gasteiger partial charge in [0.2, 0.25) is 0 Å². The molecule has 20 heteroatoms. The van der Waals surface area contributed by atoms with Crippen LogP contribution < -0.4 is 30.2 Å². The maximum Gasteiger partial charge on any atom is 0.140 e. The Bertz CT molecular complexity index is 9610. The number of anilines is 11. The maximum atomic E-state index is 5.40. The number of para-hydroxylation sites is 9. The lowest BCUT2D eigenvalue weighted by Gasteiger charge is -2.26. The van der Waals surface area contributed by atoms with Crippen molar-refractivity contribution in [3.8, 4) is 78.9 Å². The van der Waals surface area contributed by atoms with Gasteiger partial charge in [-0.3, -0.25) is 19.6 Å². The van der Waals surface area contributed by atoms with Crippen molar-refractivity contribution in [2.45, 2.75) is 19.3 Å². The summed E-state index contributed by atoms with van der Waals surface area (Å²) in [6.45, 7) is 2.92. The van der Waals surface area contributed by atoms with Gasteiger partial charge in [-0.25, -0.2) is 44.9 Å². The summed E-state index contributed by atoms with van der Waals surface area (Å²) < 4.78 is 9.59. The molecule has 0 radical (unpaired) electrons. The molecular formula is C127H88N20. The van der Waals surface area contributed by atoms with E-state index in [2.05, 4.69) is 439 Å². The summed E-state index contributed by atoms with van der Waals surface area (Å²) in [6, 6.07) is 147. The first-order valence-corrected chi connectivity index (χ1v) is 49.4. The summed E-state index contributed by atoms with van der Waals surface area (Å²) in [5, 5.41) is 15.4. The van der Waals surface area contributed by atoms with Crippen molar-refractivity contribution >= 4 is 167 Å². The molecule has 26 aromatic rings. The quantitative estimate of drug-likeness (QED) is 0.0616. The second-order valence-electron chi connectivity index (χ2n) is 37.2. The zero-order chi connectivity index (χ0) is 97.1. The van der Waals surface area contributed by atoms with Crippen molar-refractivity contribution in [1.29, 1.82) is 0 Å². The molecule has 0 fully saturated rings. The number of benzene rings is 17. The number of fused-ring (bicyclic) bond motifs is 14. The molecule has 1 unspecified atom stereocenters. The molecule has 1 aliphatic carbocycles. The number of aromatic nitrogens is 14. The number of allylic oxidation sites excluding steroid dienone is 1. The summed E-state index contributed by atoms with van der Waals surface area (Å²) in [6.07, 6.45) is 18.0. The van der Waals surface area contributed by atoms with Crippen LogP contribution in [0.25, 0.3) is 183 Å². The van der Waals surface area contributed by atoms with Gasteiger partial charge in [0.1, 0.15) is 35.9 Å². The second kappa shape index (κ2) is 35.4. The molecule has 147 heavy (non-hydrogen) atoms. The Hall–Kier alpha value is -20.0. The van der Waals surface area contributed by atoms with Crippen LogP contribution >= 0.6 is 0 Å². The van der Waals surface area contributed by atoms with Crippen LogP contribution in [-0.2, 0) is 0 Å². The van der Waals surface area contributed by atoms with Crippen LogP contribution in [0, 0.1) is 0 Å². The minimum atomic E-state index is 0.382. The summed E-state index contributed by atoms with van der Waals surface area (Å²) in [5.41, 5.74) is 34.6. The van der Waals surface area contributed by atoms with Crippen molar-refractivity contribution in [2.24, 2.45) is 0 Å². The normalized spacial score (nSPS) is 12.9. The minimum Gasteiger partial charge on any atom is -0.371 e. The lowest BCUT2D eigenvalue weighted by atomic mass is 9.93. The van der Waals surface area contributed by atoms with Crippen LogP contribution in [0.3, 0.4) is 0 Å². The molecule has 10 heterocycles. The van der Waals surface area contributed by atoms with Gasteiger partial charge in [0.25, 0.3) is 0 Å². The Kier molecular flexibility index (Phi) is 20.4. The third kappa shape index (κ3) is 14.5. The molecule has 0 spiro atoms. The van der Waals surface area contributed by atoms with E-state index in [0.717, 1.165) is 214 Å². The molecule has 0 saturated heterocycles. The third-order valence-corrected chi connectivity index (χ3v) is 28.8. The molecule has 696 valence electrons. The topological polar surface area (TPSA) is 189 Å². The monoisotopic (exact) mass is 1890 g/mol. The number of nitrogens with one attached hydrogen (secondary N) is 3. The van der Waals surface area contributed by atoms with Gasteiger partial charge in [-0.15, -0.1) is 0 Å². The van der Waals surface area contributed by atoms with E-state index < -0.39 is 0 Å². The smallest absolute Gasteiger partial charge is 0.140 e. The van der Waals surface area contributed by atoms with Crippen LogP contribution in [0.1, 0.15) is 30.5 Å². The number of imidazole rings is 1. The Morgan fingerprint density at radius 1 is 0.299 bits per heavy atom. The second-order valence-corrected chi connectivity index (χ2v) is 37.2. The molecular weight excluding hydrogens is 1810 g/mol. The highest BCUT2D eigenvalue weighted by Gasteiger charge is 2.30. The Labute approximate surface area is 844 Å². The summed E-state index contributed by atoms with van der Waals surface area (Å²) in [4.78, 5) is 56.6. The molecule has 1 aliphatic heterocycles. The first-order valence-electron chi connectivity index (χ1n) is 49.4. The van der Waals surface area contributed by atoms with Crippen LogP contribution in [0.15, 0.2) is 468 Å². The predicted molar refractivity (Wildman–Crippen MR) is 597 cm³/mol. The highest BCUT2D eigenvalue weighted by atomic mass is 15.3. The SMILES string of the molecule is CC1CC=Cc2c1n(-c1ccc(N(c3ccc(-c4nc5ccccc5nc4-c4ccc(N(C5=CNCN5)c5ccc(-n6c7ccccc7c7c(-c8cccc9c8c8ccccc8n9-c8ccc(N(c9ccc(-c%10nc%11ccccc%11nc%10-c%10ccc(N(c%11ccc(-n%12c%13ccccc%13c%13ccccc%13%12)cc%11)c%11ccncn%11)cc%10)cc9)c9ccncn9)cc8)cccc76)cc5)cc4)cc3)c3cnc[nH]3)cc1)c1ccccc21. The van der Waals surface area contributed by atoms with Crippen molar-refractivity contribution in [2.75, 3.05) is 26.3 Å². The van der Waals surface area contributed by atoms with E-state index in [-0.39, 0.29) is 0 Å². The largest absolute Gasteiger partial charge is 0.371 e. The molecule has 2 aliphatic rings. The van der Waals surface area contributed by atoms with E-state index in [1.54, 1.807) is 31.4 Å². The lowest BCUT2D eigenvalue weighted by Crippen LogP contribution is -2.25. The fourth-order valence-electron chi connectivity index (χ4n) is 22.2. The van der Waals surface area contributed by atoms with Gasteiger partial charge in [0.05, 0.1) is 103 Å². The molecule has 3 N–H and O–H groups in total. The maximum absolute atomic E-state index is 5.40. The van der Waals surface area contributed by atoms with Crippen LogP contribution in [0.2, 0.25) is 0 Å². The first-order chi connectivity index (χ1) is 72.8. The Morgan fingerprint density at radius 3 is 1.01 bits per heavy atom. The first kappa shape index (κ1) is 85.0. The number of aromatic amines is 1. The molecule has 9 aromatic heterocycles. The van der Waals surface area contributed by atoms with E-state index in [0.29, 0.717) is 18.4 Å². The van der Waals surface area contributed by atoms with Gasteiger partial charge >= 0.3 is 0 Å². The molecule has 0 saturated carbocycles. The number of hydrogen-bond donors (Lipinski definition) is 3. The van der Waals surface area contributed by atoms with Crippen molar-refractivity contribution in [3.63, 3.8) is 0 Å². The molecule has 20 nitrogen and oxygen atoms in total. The van der Waals surface area contributed by atoms with Gasteiger partial charge in [0, 0.05) is 164 Å². The standard InChI is InChI=1S/C127H88N20/c1-81-19-16-27-103-100-22-4-13-34-112(100)147(127(81)103)97-69-61-93(62-70-97)143(120-76-131-80-135-120)89-53-45-85(46-54-89)126-125(138-108-30-9-10-31-109(108)139-126)84-43-51-88(52-44-84)142(119-75-130-79-134-119)92-59-67-96(68-60-92)146-114-36-15-6-24-105(114)122-102(26-18-38-116(122)146)101-25-17-37-115-121(101)104-23-5-14-35-113(104)145(115)95-65-57-91(58-66-95)141(118-72-74-129-78-133-118)87-49-41-83(42-50-87)124-123(136-106-28-7-8-29-107(106)137-124)82-39-47-86(48-40-82)140(117-71-73-128-77-132-117)90-55-63-94(64-56-90)144-110-32-11-2-20-98(110)99-21-3-12-33-111(99)144/h2-18,20-78,80-81,130,134H,19,79H2,1H3,(H,131,135). The van der Waals surface area contributed by atoms with Gasteiger partial charge in [0.15, 0.2) is 0 Å².